The molecule has 0 fully saturated rings. The smallest absolute Gasteiger partial charge is 0.309 e. The van der Waals surface area contributed by atoms with E-state index in [1.807, 2.05) is 48.5 Å². The van der Waals surface area contributed by atoms with Crippen molar-refractivity contribution < 1.29 is 13.2 Å². The highest BCUT2D eigenvalue weighted by Gasteiger charge is 2.36. The molecule has 1 aliphatic heterocycles. The molecule has 0 saturated carbocycles. The summed E-state index contributed by atoms with van der Waals surface area (Å²) in [7, 11) is 0. The quantitative estimate of drug-likeness (QED) is 0.505. The van der Waals surface area contributed by atoms with Crippen molar-refractivity contribution in [3.8, 4) is 0 Å². The van der Waals surface area contributed by atoms with Gasteiger partial charge in [0.1, 0.15) is 0 Å². The number of fused-ring (bicyclic) bond motifs is 2. The van der Waals surface area contributed by atoms with E-state index in [0.29, 0.717) is 0 Å². The van der Waals surface area contributed by atoms with Crippen LogP contribution in [0.5, 0.6) is 0 Å². The molecule has 0 radical (unpaired) electrons. The van der Waals surface area contributed by atoms with E-state index in [1.165, 1.54) is 6.07 Å². The Bertz CT molecular complexity index is 867. The van der Waals surface area contributed by atoms with Crippen molar-refractivity contribution in [2.75, 3.05) is 4.90 Å². The van der Waals surface area contributed by atoms with Gasteiger partial charge >= 0.3 is 6.18 Å². The van der Waals surface area contributed by atoms with E-state index in [-0.39, 0.29) is 5.69 Å². The molecule has 126 valence electrons. The molecular formula is C21H16F3N. The Hall–Kier alpha value is -2.75. The van der Waals surface area contributed by atoms with Gasteiger partial charge < -0.3 is 4.90 Å². The van der Waals surface area contributed by atoms with Crippen molar-refractivity contribution in [2.45, 2.75) is 19.0 Å². The van der Waals surface area contributed by atoms with Crippen molar-refractivity contribution in [3.63, 3.8) is 0 Å². The topological polar surface area (TPSA) is 3.24 Å². The molecule has 0 spiro atoms. The predicted molar refractivity (Wildman–Crippen MR) is 93.5 cm³/mol. The summed E-state index contributed by atoms with van der Waals surface area (Å²) in [6.45, 7) is 0. The number of halogens is 3. The highest BCUT2D eigenvalue weighted by Crippen LogP contribution is 2.46. The third-order valence-electron chi connectivity index (χ3n) is 4.58. The fourth-order valence-electron chi connectivity index (χ4n) is 3.45. The summed E-state index contributed by atoms with van der Waals surface area (Å²) in [5, 5.41) is 0. The normalized spacial score (nSPS) is 13.8. The van der Waals surface area contributed by atoms with Crippen LogP contribution in [0.2, 0.25) is 0 Å². The summed E-state index contributed by atoms with van der Waals surface area (Å²) < 4.78 is 40.9. The van der Waals surface area contributed by atoms with Crippen LogP contribution < -0.4 is 4.90 Å². The number of hydrogen-bond acceptors (Lipinski definition) is 1. The Morgan fingerprint density at radius 2 is 1.04 bits per heavy atom. The van der Waals surface area contributed by atoms with Crippen LogP contribution in [0.1, 0.15) is 16.7 Å². The lowest BCUT2D eigenvalue weighted by molar-refractivity contribution is -0.137. The first-order chi connectivity index (χ1) is 12.1. The molecule has 4 heteroatoms. The van der Waals surface area contributed by atoms with Crippen LogP contribution in [-0.4, -0.2) is 0 Å². The summed E-state index contributed by atoms with van der Waals surface area (Å²) in [5.74, 6) is 0. The molecular weight excluding hydrogens is 323 g/mol. The van der Waals surface area contributed by atoms with Gasteiger partial charge in [0.15, 0.2) is 0 Å². The van der Waals surface area contributed by atoms with Gasteiger partial charge in [-0.3, -0.25) is 0 Å². The van der Waals surface area contributed by atoms with E-state index in [9.17, 15) is 13.2 Å². The summed E-state index contributed by atoms with van der Waals surface area (Å²) >= 11 is 0. The number of para-hydroxylation sites is 3. The standard InChI is InChI=1S/C21H16F3N/c22-21(23,24)17-9-3-6-12-20(17)25-18-10-4-1-7-15(18)13-14-16-8-2-5-11-19(16)25/h1-12H,13-14H2. The molecule has 1 nitrogen and oxygen atoms in total. The number of nitrogens with zero attached hydrogens (tertiary/aromatic N) is 1. The Balaban J connectivity index is 2.02. The first-order valence-corrected chi connectivity index (χ1v) is 8.18. The summed E-state index contributed by atoms with van der Waals surface area (Å²) in [6, 6.07) is 21.1. The van der Waals surface area contributed by atoms with Crippen molar-refractivity contribution in [2.24, 2.45) is 0 Å². The van der Waals surface area contributed by atoms with Gasteiger partial charge in [-0.2, -0.15) is 13.2 Å². The lowest BCUT2D eigenvalue weighted by Gasteiger charge is -2.29. The van der Waals surface area contributed by atoms with Gasteiger partial charge in [0.2, 0.25) is 0 Å². The van der Waals surface area contributed by atoms with E-state index < -0.39 is 11.7 Å². The van der Waals surface area contributed by atoms with E-state index >= 15 is 0 Å². The van der Waals surface area contributed by atoms with E-state index in [0.717, 1.165) is 41.4 Å². The third-order valence-corrected chi connectivity index (χ3v) is 4.58. The Morgan fingerprint density at radius 1 is 0.600 bits per heavy atom. The zero-order chi connectivity index (χ0) is 17.4. The molecule has 0 aliphatic carbocycles. The van der Waals surface area contributed by atoms with Crippen molar-refractivity contribution in [1.82, 2.24) is 0 Å². The van der Waals surface area contributed by atoms with Crippen molar-refractivity contribution in [3.05, 3.63) is 89.5 Å². The lowest BCUT2D eigenvalue weighted by atomic mass is 10.0. The maximum Gasteiger partial charge on any atom is 0.418 e. The van der Waals surface area contributed by atoms with Crippen LogP contribution in [-0.2, 0) is 19.0 Å². The van der Waals surface area contributed by atoms with Crippen LogP contribution >= 0.6 is 0 Å². The minimum Gasteiger partial charge on any atom is -0.309 e. The first kappa shape index (κ1) is 15.8. The number of benzene rings is 3. The largest absolute Gasteiger partial charge is 0.418 e. The second-order valence-electron chi connectivity index (χ2n) is 6.11. The maximum absolute atomic E-state index is 13.6. The number of hydrogen-bond donors (Lipinski definition) is 0. The molecule has 4 rings (SSSR count). The van der Waals surface area contributed by atoms with E-state index in [4.69, 9.17) is 0 Å². The Labute approximate surface area is 144 Å². The van der Waals surface area contributed by atoms with Crippen LogP contribution in [0, 0.1) is 0 Å². The second-order valence-corrected chi connectivity index (χ2v) is 6.11. The maximum atomic E-state index is 13.6. The zero-order valence-corrected chi connectivity index (χ0v) is 13.4. The number of aryl methyl sites for hydroxylation is 2. The minimum atomic E-state index is -4.41. The van der Waals surface area contributed by atoms with Gasteiger partial charge in [-0.05, 0) is 48.2 Å². The van der Waals surface area contributed by atoms with Gasteiger partial charge in [-0.15, -0.1) is 0 Å². The number of rotatable bonds is 1. The molecule has 0 unspecified atom stereocenters. The summed E-state index contributed by atoms with van der Waals surface area (Å²) in [4.78, 5) is 1.75. The van der Waals surface area contributed by atoms with Gasteiger partial charge in [-0.1, -0.05) is 48.5 Å². The lowest BCUT2D eigenvalue weighted by Crippen LogP contribution is -2.17. The predicted octanol–water partition coefficient (Wildman–Crippen LogP) is 6.27. The third kappa shape index (κ3) is 2.78. The fourth-order valence-corrected chi connectivity index (χ4v) is 3.45. The molecule has 0 saturated heterocycles. The number of alkyl halides is 3. The molecule has 0 amide bonds. The molecule has 0 N–H and O–H groups in total. The van der Waals surface area contributed by atoms with Gasteiger partial charge in [0.25, 0.3) is 0 Å². The van der Waals surface area contributed by atoms with E-state index in [2.05, 4.69) is 0 Å². The van der Waals surface area contributed by atoms with Crippen molar-refractivity contribution in [1.29, 1.82) is 0 Å². The molecule has 1 aliphatic rings. The zero-order valence-electron chi connectivity index (χ0n) is 13.4. The first-order valence-electron chi connectivity index (χ1n) is 8.18. The van der Waals surface area contributed by atoms with Crippen LogP contribution in [0.3, 0.4) is 0 Å². The summed E-state index contributed by atoms with van der Waals surface area (Å²) in [6.07, 6.45) is -2.80. The highest BCUT2D eigenvalue weighted by molar-refractivity contribution is 5.83. The monoisotopic (exact) mass is 339 g/mol. The molecule has 3 aromatic rings. The van der Waals surface area contributed by atoms with E-state index in [1.54, 1.807) is 17.0 Å². The SMILES string of the molecule is FC(F)(F)c1ccccc1N1c2ccccc2CCc2ccccc21. The van der Waals surface area contributed by atoms with Crippen LogP contribution in [0.4, 0.5) is 30.2 Å². The number of anilines is 3. The average molecular weight is 339 g/mol. The molecule has 0 bridgehead atoms. The molecule has 0 atom stereocenters. The molecule has 3 aromatic carbocycles. The molecule has 1 heterocycles. The van der Waals surface area contributed by atoms with Crippen molar-refractivity contribution >= 4 is 17.1 Å². The minimum absolute atomic E-state index is 0.164. The Kier molecular flexibility index (Phi) is 3.75. The Morgan fingerprint density at radius 3 is 1.56 bits per heavy atom. The summed E-state index contributed by atoms with van der Waals surface area (Å²) in [5.41, 5.74) is 3.26. The molecule has 25 heavy (non-hydrogen) atoms. The van der Waals surface area contributed by atoms with Crippen LogP contribution in [0.25, 0.3) is 0 Å². The highest BCUT2D eigenvalue weighted by atomic mass is 19.4. The van der Waals surface area contributed by atoms with Gasteiger partial charge in [0.05, 0.1) is 11.3 Å². The molecule has 0 aromatic heterocycles. The fraction of sp³-hybridized carbons (Fsp3) is 0.143. The second kappa shape index (κ2) is 5.96. The van der Waals surface area contributed by atoms with Crippen LogP contribution in [0.15, 0.2) is 72.8 Å². The average Bonchev–Trinajstić information content (AvgIpc) is 2.78. The van der Waals surface area contributed by atoms with Gasteiger partial charge in [-0.25, -0.2) is 0 Å². The van der Waals surface area contributed by atoms with Gasteiger partial charge in [0, 0.05) is 11.4 Å².